The van der Waals surface area contributed by atoms with E-state index < -0.39 is 0 Å². The van der Waals surface area contributed by atoms with E-state index in [0.717, 1.165) is 18.5 Å². The van der Waals surface area contributed by atoms with Crippen molar-refractivity contribution in [1.29, 1.82) is 0 Å². The molecule has 0 heterocycles. The first-order chi connectivity index (χ1) is 8.84. The number of rotatable bonds is 5. The highest BCUT2D eigenvalue weighted by atomic mass is 14.5. The molecule has 0 saturated heterocycles. The van der Waals surface area contributed by atoms with Gasteiger partial charge in [0.1, 0.15) is 0 Å². The Morgan fingerprint density at radius 1 is 0.944 bits per heavy atom. The molecule has 0 aliphatic heterocycles. The average molecular weight is 237 g/mol. The molecule has 0 bridgehead atoms. The van der Waals surface area contributed by atoms with Crippen LogP contribution in [0.1, 0.15) is 24.0 Å². The molecule has 0 aromatic heterocycles. The Hall–Kier alpha value is -2.02. The molecule has 0 saturated carbocycles. The largest absolute Gasteiger partial charge is 0.399 e. The molecule has 18 heavy (non-hydrogen) atoms. The van der Waals surface area contributed by atoms with Crippen LogP contribution in [-0.4, -0.2) is 0 Å². The predicted molar refractivity (Wildman–Crippen MR) is 79.3 cm³/mol. The fraction of sp³-hybridized carbons (Fsp3) is 0.176. The van der Waals surface area contributed by atoms with Crippen molar-refractivity contribution in [2.45, 2.75) is 19.3 Å². The number of unbranched alkanes of at least 4 members (excludes halogenated alkanes) is 1. The van der Waals surface area contributed by atoms with Crippen LogP contribution in [0.25, 0.3) is 6.08 Å². The lowest BCUT2D eigenvalue weighted by atomic mass is 10.1. The van der Waals surface area contributed by atoms with Crippen LogP contribution in [0.4, 0.5) is 5.69 Å². The lowest BCUT2D eigenvalue weighted by molar-refractivity contribution is 0.845. The summed E-state index contributed by atoms with van der Waals surface area (Å²) >= 11 is 0. The molecule has 1 nitrogen and oxygen atoms in total. The zero-order valence-electron chi connectivity index (χ0n) is 10.5. The van der Waals surface area contributed by atoms with E-state index >= 15 is 0 Å². The van der Waals surface area contributed by atoms with E-state index in [1.165, 1.54) is 17.5 Å². The fourth-order valence-corrected chi connectivity index (χ4v) is 1.95. The molecule has 0 aliphatic carbocycles. The Labute approximate surface area is 109 Å². The van der Waals surface area contributed by atoms with Crippen molar-refractivity contribution in [3.63, 3.8) is 0 Å². The average Bonchev–Trinajstić information content (AvgIpc) is 2.40. The fourth-order valence-electron chi connectivity index (χ4n) is 1.95. The van der Waals surface area contributed by atoms with Gasteiger partial charge in [0.25, 0.3) is 0 Å². The molecule has 0 radical (unpaired) electrons. The highest BCUT2D eigenvalue weighted by Gasteiger charge is 1.90. The molecule has 2 aromatic rings. The van der Waals surface area contributed by atoms with Gasteiger partial charge in [0, 0.05) is 5.69 Å². The summed E-state index contributed by atoms with van der Waals surface area (Å²) in [6, 6.07) is 18.6. The van der Waals surface area contributed by atoms with Crippen LogP contribution in [0.5, 0.6) is 0 Å². The van der Waals surface area contributed by atoms with Crippen LogP contribution < -0.4 is 5.73 Å². The third-order valence-corrected chi connectivity index (χ3v) is 2.90. The summed E-state index contributed by atoms with van der Waals surface area (Å²) in [4.78, 5) is 0. The Balaban J connectivity index is 1.75. The van der Waals surface area contributed by atoms with Crippen LogP contribution in [-0.2, 0) is 6.42 Å². The molecule has 0 amide bonds. The molecule has 2 N–H and O–H groups in total. The normalized spacial score (nSPS) is 10.9. The van der Waals surface area contributed by atoms with E-state index in [2.05, 4.69) is 48.6 Å². The molecule has 2 aromatic carbocycles. The van der Waals surface area contributed by atoms with Crippen LogP contribution >= 0.6 is 0 Å². The Morgan fingerprint density at radius 3 is 2.56 bits per heavy atom. The third-order valence-electron chi connectivity index (χ3n) is 2.90. The van der Waals surface area contributed by atoms with Gasteiger partial charge in [-0.3, -0.25) is 0 Å². The summed E-state index contributed by atoms with van der Waals surface area (Å²) in [5.41, 5.74) is 9.14. The van der Waals surface area contributed by atoms with E-state index in [1.807, 2.05) is 18.2 Å². The van der Waals surface area contributed by atoms with Crippen molar-refractivity contribution in [3.8, 4) is 0 Å². The number of hydrogen-bond acceptors (Lipinski definition) is 1. The number of benzene rings is 2. The molecule has 0 aliphatic rings. The van der Waals surface area contributed by atoms with Crippen LogP contribution in [0, 0.1) is 0 Å². The maximum absolute atomic E-state index is 5.73. The maximum atomic E-state index is 5.73. The third kappa shape index (κ3) is 4.10. The number of nitrogen functional groups attached to an aromatic ring is 1. The van der Waals surface area contributed by atoms with E-state index in [0.29, 0.717) is 0 Å². The Morgan fingerprint density at radius 2 is 1.78 bits per heavy atom. The minimum absolute atomic E-state index is 0.821. The van der Waals surface area contributed by atoms with Crippen molar-refractivity contribution < 1.29 is 0 Å². The molecule has 0 atom stereocenters. The molecule has 0 fully saturated rings. The van der Waals surface area contributed by atoms with Gasteiger partial charge in [0.2, 0.25) is 0 Å². The summed E-state index contributed by atoms with van der Waals surface area (Å²) in [6.45, 7) is 0. The van der Waals surface area contributed by atoms with Crippen molar-refractivity contribution >= 4 is 11.8 Å². The highest BCUT2D eigenvalue weighted by molar-refractivity contribution is 5.55. The number of allylic oxidation sites excluding steroid dienone is 1. The lowest BCUT2D eigenvalue weighted by Crippen LogP contribution is -1.84. The molecule has 2 rings (SSSR count). The molecule has 0 unspecified atom stereocenters. The van der Waals surface area contributed by atoms with Gasteiger partial charge in [-0.15, -0.1) is 0 Å². The monoisotopic (exact) mass is 237 g/mol. The second-order valence-electron chi connectivity index (χ2n) is 4.45. The maximum Gasteiger partial charge on any atom is 0.0319 e. The summed E-state index contributed by atoms with van der Waals surface area (Å²) in [5.74, 6) is 0. The van der Waals surface area contributed by atoms with Gasteiger partial charge in [0.15, 0.2) is 0 Å². The quantitative estimate of drug-likeness (QED) is 0.608. The molecule has 92 valence electrons. The van der Waals surface area contributed by atoms with Gasteiger partial charge in [-0.1, -0.05) is 54.6 Å². The lowest BCUT2D eigenvalue weighted by Gasteiger charge is -1.98. The predicted octanol–water partition coefficient (Wildman–Crippen LogP) is 4.30. The molecule has 0 spiro atoms. The van der Waals surface area contributed by atoms with E-state index in [9.17, 15) is 0 Å². The molecule has 1 heteroatoms. The number of nitrogens with two attached hydrogens (primary N) is 1. The van der Waals surface area contributed by atoms with Crippen LogP contribution in [0.3, 0.4) is 0 Å². The Bertz CT molecular complexity index is 500. The van der Waals surface area contributed by atoms with Crippen molar-refractivity contribution in [3.05, 3.63) is 71.8 Å². The van der Waals surface area contributed by atoms with Gasteiger partial charge in [-0.05, 0) is 42.5 Å². The summed E-state index contributed by atoms with van der Waals surface area (Å²) in [6.07, 6.45) is 7.79. The highest BCUT2D eigenvalue weighted by Crippen LogP contribution is 2.10. The second-order valence-corrected chi connectivity index (χ2v) is 4.45. The number of hydrogen-bond donors (Lipinski definition) is 1. The first-order valence-electron chi connectivity index (χ1n) is 6.40. The topological polar surface area (TPSA) is 26.0 Å². The standard InChI is InChI=1S/C17H19N/c18-17-13-7-12-16(14-17)11-6-2-5-10-15-8-3-1-4-9-15/h1,3-4,6-9,11-14H,2,5,10,18H2/b11-6-. The first kappa shape index (κ1) is 12.4. The summed E-state index contributed by atoms with van der Waals surface area (Å²) in [7, 11) is 0. The van der Waals surface area contributed by atoms with Gasteiger partial charge < -0.3 is 5.73 Å². The number of anilines is 1. The van der Waals surface area contributed by atoms with Crippen molar-refractivity contribution in [1.82, 2.24) is 0 Å². The zero-order valence-corrected chi connectivity index (χ0v) is 10.5. The second kappa shape index (κ2) is 6.65. The number of aryl methyl sites for hydroxylation is 1. The van der Waals surface area contributed by atoms with E-state index in [1.54, 1.807) is 0 Å². The zero-order chi connectivity index (χ0) is 12.6. The summed E-state index contributed by atoms with van der Waals surface area (Å²) < 4.78 is 0. The Kier molecular flexibility index (Phi) is 4.60. The first-order valence-corrected chi connectivity index (χ1v) is 6.40. The van der Waals surface area contributed by atoms with Gasteiger partial charge in [-0.2, -0.15) is 0 Å². The smallest absolute Gasteiger partial charge is 0.0319 e. The van der Waals surface area contributed by atoms with Crippen molar-refractivity contribution in [2.24, 2.45) is 0 Å². The van der Waals surface area contributed by atoms with E-state index in [-0.39, 0.29) is 0 Å². The van der Waals surface area contributed by atoms with Gasteiger partial charge in [-0.25, -0.2) is 0 Å². The van der Waals surface area contributed by atoms with Crippen LogP contribution in [0.2, 0.25) is 0 Å². The minimum Gasteiger partial charge on any atom is -0.399 e. The summed E-state index contributed by atoms with van der Waals surface area (Å²) in [5, 5.41) is 0. The van der Waals surface area contributed by atoms with Gasteiger partial charge in [0.05, 0.1) is 0 Å². The molecular weight excluding hydrogens is 218 g/mol. The van der Waals surface area contributed by atoms with E-state index in [4.69, 9.17) is 5.73 Å². The van der Waals surface area contributed by atoms with Gasteiger partial charge >= 0.3 is 0 Å². The van der Waals surface area contributed by atoms with Crippen molar-refractivity contribution in [2.75, 3.05) is 5.73 Å². The SMILES string of the molecule is Nc1cccc(/C=C\CCCc2ccccc2)c1. The van der Waals surface area contributed by atoms with Crippen LogP contribution in [0.15, 0.2) is 60.7 Å². The minimum atomic E-state index is 0.821. The molecular formula is C17H19N.